The molecule has 4 rings (SSSR count). The van der Waals surface area contributed by atoms with Gasteiger partial charge in [-0.3, -0.25) is 9.59 Å². The topological polar surface area (TPSA) is 87.4 Å². The van der Waals surface area contributed by atoms with Crippen molar-refractivity contribution in [3.8, 4) is 5.75 Å². The van der Waals surface area contributed by atoms with Crippen molar-refractivity contribution < 1.29 is 19.4 Å². The number of nitrogens with zero attached hydrogens (tertiary/aromatic N) is 4. The van der Waals surface area contributed by atoms with Gasteiger partial charge in [-0.2, -0.15) is 0 Å². The number of carbonyl (C=O) groups is 2. The van der Waals surface area contributed by atoms with E-state index in [1.54, 1.807) is 0 Å². The molecule has 1 fully saturated rings. The summed E-state index contributed by atoms with van der Waals surface area (Å²) in [6.45, 7) is 7.34. The quantitative estimate of drug-likeness (QED) is 0.303. The first-order chi connectivity index (χ1) is 16.7. The van der Waals surface area contributed by atoms with Gasteiger partial charge in [-0.1, -0.05) is 25.1 Å². The Morgan fingerprint density at radius 2 is 1.86 bits per heavy atom. The Bertz CT molecular complexity index is 1290. The Kier molecular flexibility index (Phi) is 6.93. The number of aliphatic hydroxyl groups excluding tert-OH is 1. The lowest BCUT2D eigenvalue weighted by Crippen LogP contribution is -2.35. The van der Waals surface area contributed by atoms with Gasteiger partial charge < -0.3 is 24.0 Å². The third-order valence-electron chi connectivity index (χ3n) is 6.31. The fourth-order valence-electron chi connectivity index (χ4n) is 4.41. The molecule has 1 aromatic carbocycles. The largest absolute Gasteiger partial charge is 0.505 e. The first-order valence-corrected chi connectivity index (χ1v) is 11.8. The van der Waals surface area contributed by atoms with E-state index < -0.39 is 17.7 Å². The highest BCUT2D eigenvalue weighted by Gasteiger charge is 2.46. The van der Waals surface area contributed by atoms with E-state index in [-0.39, 0.29) is 11.3 Å². The number of ether oxygens (including phenoxy) is 1. The Balaban J connectivity index is 1.85. The average Bonchev–Trinajstić information content (AvgIpc) is 3.31. The first kappa shape index (κ1) is 24.5. The van der Waals surface area contributed by atoms with Crippen LogP contribution in [0.15, 0.2) is 48.2 Å². The molecular weight excluding hydrogens is 444 g/mol. The maximum Gasteiger partial charge on any atom is 0.295 e. The standard InChI is InChI=1S/C27H32N4O4/c1-6-16-35-20-11-9-19(10-12-20)23-21(25(33)27(34)31(23)15-14-29(4)5)24(32)22-18(3)30-13-7-8-17(2)26(30)28-22/h7-13,23,32H,6,14-16H2,1-5H3/b24-21+. The number of hydrogen-bond donors (Lipinski definition) is 1. The van der Waals surface area contributed by atoms with Crippen LogP contribution in [0.4, 0.5) is 0 Å². The molecule has 3 aromatic rings. The third-order valence-corrected chi connectivity index (χ3v) is 6.31. The highest BCUT2D eigenvalue weighted by atomic mass is 16.5. The number of likely N-dealkylation sites (tertiary alicyclic amines) is 1. The van der Waals surface area contributed by atoms with E-state index in [1.807, 2.05) is 86.8 Å². The molecule has 184 valence electrons. The predicted octanol–water partition coefficient (Wildman–Crippen LogP) is 3.72. The van der Waals surface area contributed by atoms with E-state index in [2.05, 4.69) is 4.98 Å². The van der Waals surface area contributed by atoms with Crippen molar-refractivity contribution >= 4 is 23.1 Å². The van der Waals surface area contributed by atoms with E-state index in [9.17, 15) is 14.7 Å². The number of aliphatic hydroxyl groups is 1. The van der Waals surface area contributed by atoms with Crippen LogP contribution in [0.25, 0.3) is 11.4 Å². The Morgan fingerprint density at radius 3 is 2.49 bits per heavy atom. The van der Waals surface area contributed by atoms with E-state index in [0.29, 0.717) is 42.5 Å². The van der Waals surface area contributed by atoms with Crippen molar-refractivity contribution in [2.24, 2.45) is 0 Å². The number of Topliss-reactive ketones (excluding diaryl/α,β-unsaturated/α-hetero) is 1. The van der Waals surface area contributed by atoms with E-state index >= 15 is 0 Å². The van der Waals surface area contributed by atoms with Gasteiger partial charge in [0.1, 0.15) is 17.1 Å². The fourth-order valence-corrected chi connectivity index (χ4v) is 4.41. The summed E-state index contributed by atoms with van der Waals surface area (Å²) in [4.78, 5) is 34.5. The molecule has 8 heteroatoms. The molecule has 2 aromatic heterocycles. The molecule has 3 heterocycles. The summed E-state index contributed by atoms with van der Waals surface area (Å²) in [6, 6.07) is 10.5. The summed E-state index contributed by atoms with van der Waals surface area (Å²) < 4.78 is 7.57. The van der Waals surface area contributed by atoms with Gasteiger partial charge in [-0.05, 0) is 63.7 Å². The molecule has 0 aliphatic carbocycles. The smallest absolute Gasteiger partial charge is 0.295 e. The number of rotatable bonds is 8. The van der Waals surface area contributed by atoms with Crippen LogP contribution in [-0.4, -0.2) is 69.8 Å². The number of hydrogen-bond acceptors (Lipinski definition) is 6. The van der Waals surface area contributed by atoms with Gasteiger partial charge in [0.2, 0.25) is 0 Å². The fraction of sp³-hybridized carbons (Fsp3) is 0.370. The molecule has 0 bridgehead atoms. The zero-order chi connectivity index (χ0) is 25.3. The number of carbonyl (C=O) groups excluding carboxylic acids is 2. The van der Waals surface area contributed by atoms with Crippen molar-refractivity contribution in [1.29, 1.82) is 0 Å². The van der Waals surface area contributed by atoms with Gasteiger partial charge in [0.25, 0.3) is 11.7 Å². The molecule has 1 N–H and O–H groups in total. The number of aromatic nitrogens is 2. The Morgan fingerprint density at radius 1 is 1.14 bits per heavy atom. The molecule has 0 saturated carbocycles. The number of fused-ring (bicyclic) bond motifs is 1. The van der Waals surface area contributed by atoms with Crippen LogP contribution < -0.4 is 4.74 Å². The highest BCUT2D eigenvalue weighted by Crippen LogP contribution is 2.40. The monoisotopic (exact) mass is 476 g/mol. The summed E-state index contributed by atoms with van der Waals surface area (Å²) in [5.74, 6) is -0.867. The van der Waals surface area contributed by atoms with Gasteiger partial charge in [0.15, 0.2) is 5.76 Å². The lowest BCUT2D eigenvalue weighted by atomic mass is 9.96. The van der Waals surface area contributed by atoms with Crippen molar-refractivity contribution in [1.82, 2.24) is 19.2 Å². The number of amides is 1. The summed E-state index contributed by atoms with van der Waals surface area (Å²) in [5.41, 5.74) is 3.43. The first-order valence-electron chi connectivity index (χ1n) is 11.8. The molecule has 1 aliphatic heterocycles. The zero-order valence-electron chi connectivity index (χ0n) is 20.9. The predicted molar refractivity (Wildman–Crippen MR) is 134 cm³/mol. The molecule has 0 spiro atoms. The molecule has 1 saturated heterocycles. The molecule has 1 unspecified atom stereocenters. The Labute approximate surface area is 205 Å². The molecule has 1 aliphatic rings. The van der Waals surface area contributed by atoms with Gasteiger partial charge in [0.05, 0.1) is 23.9 Å². The number of pyridine rings is 1. The average molecular weight is 477 g/mol. The van der Waals surface area contributed by atoms with Gasteiger partial charge in [-0.25, -0.2) is 4.98 Å². The SMILES string of the molecule is CCCOc1ccc(C2/C(=C(\O)c3nc4c(C)cccn4c3C)C(=O)C(=O)N2CCN(C)C)cc1. The van der Waals surface area contributed by atoms with Crippen LogP contribution in [-0.2, 0) is 9.59 Å². The third kappa shape index (κ3) is 4.53. The Hall–Kier alpha value is -3.65. The maximum absolute atomic E-state index is 13.3. The summed E-state index contributed by atoms with van der Waals surface area (Å²) in [6.07, 6.45) is 2.76. The summed E-state index contributed by atoms with van der Waals surface area (Å²) in [7, 11) is 3.82. The van der Waals surface area contributed by atoms with Crippen molar-refractivity contribution in [2.45, 2.75) is 33.2 Å². The number of aryl methyl sites for hydroxylation is 2. The van der Waals surface area contributed by atoms with Crippen molar-refractivity contribution in [3.63, 3.8) is 0 Å². The number of ketones is 1. The van der Waals surface area contributed by atoms with Crippen molar-refractivity contribution in [3.05, 3.63) is 70.7 Å². The van der Waals surface area contributed by atoms with Crippen LogP contribution in [0.2, 0.25) is 0 Å². The van der Waals surface area contributed by atoms with Crippen LogP contribution >= 0.6 is 0 Å². The summed E-state index contributed by atoms with van der Waals surface area (Å²) in [5, 5.41) is 11.4. The minimum atomic E-state index is -0.722. The second-order valence-electron chi connectivity index (χ2n) is 9.14. The van der Waals surface area contributed by atoms with Crippen LogP contribution in [0.1, 0.15) is 41.9 Å². The summed E-state index contributed by atoms with van der Waals surface area (Å²) >= 11 is 0. The second-order valence-corrected chi connectivity index (χ2v) is 9.14. The number of imidazole rings is 1. The lowest BCUT2D eigenvalue weighted by Gasteiger charge is -2.26. The highest BCUT2D eigenvalue weighted by molar-refractivity contribution is 6.46. The zero-order valence-corrected chi connectivity index (χ0v) is 20.9. The van der Waals surface area contributed by atoms with Gasteiger partial charge in [-0.15, -0.1) is 0 Å². The van der Waals surface area contributed by atoms with Crippen LogP contribution in [0.3, 0.4) is 0 Å². The molecule has 0 radical (unpaired) electrons. The van der Waals surface area contributed by atoms with Crippen LogP contribution in [0, 0.1) is 13.8 Å². The van der Waals surface area contributed by atoms with Crippen molar-refractivity contribution in [2.75, 3.05) is 33.8 Å². The molecule has 1 atom stereocenters. The minimum Gasteiger partial charge on any atom is -0.505 e. The number of benzene rings is 1. The normalized spacial score (nSPS) is 17.7. The van der Waals surface area contributed by atoms with Gasteiger partial charge in [0, 0.05) is 19.3 Å². The van der Waals surface area contributed by atoms with Gasteiger partial charge >= 0.3 is 0 Å². The maximum atomic E-state index is 13.3. The van der Waals surface area contributed by atoms with E-state index in [4.69, 9.17) is 4.74 Å². The second kappa shape index (κ2) is 9.92. The molecule has 1 amide bonds. The van der Waals surface area contributed by atoms with E-state index in [1.165, 1.54) is 4.90 Å². The number of likely N-dealkylation sites (N-methyl/N-ethyl adjacent to an activating group) is 1. The molecule has 8 nitrogen and oxygen atoms in total. The van der Waals surface area contributed by atoms with Crippen LogP contribution in [0.5, 0.6) is 5.75 Å². The lowest BCUT2D eigenvalue weighted by molar-refractivity contribution is -0.140. The minimum absolute atomic E-state index is 0.0557. The molecular formula is C27H32N4O4. The molecule has 35 heavy (non-hydrogen) atoms. The van der Waals surface area contributed by atoms with E-state index in [0.717, 1.165) is 17.5 Å².